The summed E-state index contributed by atoms with van der Waals surface area (Å²) in [7, 11) is -2.25. The molecular weight excluding hydrogens is 493 g/mol. The molecule has 1 heterocycles. The molecule has 0 aliphatic carbocycles. The molecule has 1 atom stereocenters. The second-order valence-corrected chi connectivity index (χ2v) is 9.58. The predicted molar refractivity (Wildman–Crippen MR) is 124 cm³/mol. The van der Waals surface area contributed by atoms with Crippen LogP contribution < -0.4 is 9.04 Å². The number of nitrogens with zero attached hydrogens (tertiary/aromatic N) is 1. The van der Waals surface area contributed by atoms with E-state index >= 15 is 0 Å². The van der Waals surface area contributed by atoms with E-state index in [0.717, 1.165) is 23.4 Å². The number of rotatable bonds is 4. The standard InChI is InChI=1S/C15H14ClNO3S.C8H7F3NO/c1-20-14-7-6-12(16)10-15(14)21(18,19)17-9-8-11-4-2-3-5-13(11)17;9-8(10,11)7(13)5-1-3-6(12)4-2-5/h2-7,10H,8-9H2,1H3;1-4,7,12-13H/q;-1. The van der Waals surface area contributed by atoms with Crippen LogP contribution in [0.4, 0.5) is 24.5 Å². The first-order chi connectivity index (χ1) is 15.9. The van der Waals surface area contributed by atoms with Gasteiger partial charge in [0.25, 0.3) is 10.0 Å². The SMILES string of the molecule is COc1ccc(Cl)cc1S(=O)(=O)N1CCc2ccccc21.[NH-]c1ccc(C(O)C(F)(F)F)cc1. The molecule has 1 aliphatic rings. The lowest BCUT2D eigenvalue weighted by molar-refractivity contribution is -0.206. The Labute approximate surface area is 200 Å². The van der Waals surface area contributed by atoms with Crippen molar-refractivity contribution >= 4 is 33.0 Å². The third-order valence-corrected chi connectivity index (χ3v) is 7.14. The number of fused-ring (bicyclic) bond motifs is 1. The second kappa shape index (κ2) is 10.1. The third-order valence-electron chi connectivity index (χ3n) is 5.07. The van der Waals surface area contributed by atoms with Crippen molar-refractivity contribution in [1.82, 2.24) is 0 Å². The highest BCUT2D eigenvalue weighted by Gasteiger charge is 2.39. The van der Waals surface area contributed by atoms with Crippen LogP contribution in [0.15, 0.2) is 71.6 Å². The quantitative estimate of drug-likeness (QED) is 0.458. The minimum Gasteiger partial charge on any atom is -0.699 e. The van der Waals surface area contributed by atoms with E-state index in [4.69, 9.17) is 27.2 Å². The number of nitrogens with one attached hydrogen (secondary N) is 1. The van der Waals surface area contributed by atoms with Gasteiger partial charge in [-0.1, -0.05) is 54.1 Å². The molecule has 182 valence electrons. The molecule has 0 fully saturated rings. The largest absolute Gasteiger partial charge is 0.699 e. The molecular formula is C23H21ClF3N2O4S-. The van der Waals surface area contributed by atoms with Gasteiger partial charge in [-0.3, -0.25) is 4.31 Å². The summed E-state index contributed by atoms with van der Waals surface area (Å²) in [6.07, 6.45) is -6.41. The maximum absolute atomic E-state index is 12.9. The zero-order chi connectivity index (χ0) is 25.1. The van der Waals surface area contributed by atoms with Crippen LogP contribution in [0.5, 0.6) is 5.75 Å². The van der Waals surface area contributed by atoms with Gasteiger partial charge in [0, 0.05) is 11.6 Å². The number of para-hydroxylation sites is 1. The number of methoxy groups -OCH3 is 1. The van der Waals surface area contributed by atoms with E-state index < -0.39 is 22.3 Å². The minimum atomic E-state index is -4.65. The Balaban J connectivity index is 0.000000215. The molecule has 1 unspecified atom stereocenters. The van der Waals surface area contributed by atoms with Crippen molar-refractivity contribution in [2.75, 3.05) is 18.0 Å². The number of hydrogen-bond donors (Lipinski definition) is 1. The van der Waals surface area contributed by atoms with Gasteiger partial charge in [-0.15, -0.1) is 5.69 Å². The molecule has 0 spiro atoms. The third kappa shape index (κ3) is 5.57. The maximum Gasteiger partial charge on any atom is 0.418 e. The molecule has 2 N–H and O–H groups in total. The molecule has 3 aromatic rings. The predicted octanol–water partition coefficient (Wildman–Crippen LogP) is 6.07. The normalized spacial score (nSPS) is 14.1. The first kappa shape index (κ1) is 25.7. The van der Waals surface area contributed by atoms with E-state index in [9.17, 15) is 21.6 Å². The first-order valence-corrected chi connectivity index (χ1v) is 11.8. The van der Waals surface area contributed by atoms with Crippen LogP contribution in [-0.4, -0.2) is 33.4 Å². The fourth-order valence-corrected chi connectivity index (χ4v) is 5.31. The van der Waals surface area contributed by atoms with Gasteiger partial charge in [-0.25, -0.2) is 8.42 Å². The van der Waals surface area contributed by atoms with Crippen LogP contribution in [0.2, 0.25) is 5.02 Å². The molecule has 0 saturated carbocycles. The van der Waals surface area contributed by atoms with Crippen LogP contribution >= 0.6 is 11.6 Å². The van der Waals surface area contributed by atoms with Crippen molar-refractivity contribution in [2.24, 2.45) is 0 Å². The Morgan fingerprint density at radius 1 is 1.09 bits per heavy atom. The van der Waals surface area contributed by atoms with E-state index in [0.29, 0.717) is 23.7 Å². The number of hydrogen-bond acceptors (Lipinski definition) is 4. The second-order valence-electron chi connectivity index (χ2n) is 7.32. The number of anilines is 1. The maximum atomic E-state index is 12.9. The van der Waals surface area contributed by atoms with Crippen molar-refractivity contribution in [3.05, 3.63) is 88.6 Å². The number of alkyl halides is 3. The van der Waals surface area contributed by atoms with E-state index in [1.165, 1.54) is 29.6 Å². The van der Waals surface area contributed by atoms with Gasteiger partial charge in [-0.2, -0.15) is 13.2 Å². The number of aliphatic hydroxyl groups excluding tert-OH is 1. The van der Waals surface area contributed by atoms with Crippen molar-refractivity contribution in [3.63, 3.8) is 0 Å². The van der Waals surface area contributed by atoms with Crippen LogP contribution in [0.3, 0.4) is 0 Å². The zero-order valence-electron chi connectivity index (χ0n) is 17.9. The van der Waals surface area contributed by atoms with E-state index in [-0.39, 0.29) is 16.1 Å². The summed E-state index contributed by atoms with van der Waals surface area (Å²) < 4.78 is 68.2. The topological polar surface area (TPSA) is 90.6 Å². The highest BCUT2D eigenvalue weighted by molar-refractivity contribution is 7.93. The molecule has 0 saturated heterocycles. The monoisotopic (exact) mass is 513 g/mol. The Morgan fingerprint density at radius 2 is 1.74 bits per heavy atom. The molecule has 6 nitrogen and oxygen atoms in total. The van der Waals surface area contributed by atoms with Gasteiger partial charge >= 0.3 is 6.18 Å². The number of aliphatic hydroxyl groups is 1. The molecule has 0 radical (unpaired) electrons. The van der Waals surface area contributed by atoms with Crippen molar-refractivity contribution in [3.8, 4) is 5.75 Å². The molecule has 11 heteroatoms. The summed E-state index contributed by atoms with van der Waals surface area (Å²) in [4.78, 5) is 0.0919. The van der Waals surface area contributed by atoms with Gasteiger partial charge in [0.05, 0.1) is 12.8 Å². The van der Waals surface area contributed by atoms with Crippen LogP contribution in [0.25, 0.3) is 5.73 Å². The molecule has 0 amide bonds. The van der Waals surface area contributed by atoms with E-state index in [1.54, 1.807) is 12.1 Å². The summed E-state index contributed by atoms with van der Waals surface area (Å²) in [5, 5.41) is 9.12. The number of halogens is 4. The van der Waals surface area contributed by atoms with Gasteiger partial charge in [-0.05, 0) is 41.8 Å². The van der Waals surface area contributed by atoms with Crippen LogP contribution in [0.1, 0.15) is 17.2 Å². The highest BCUT2D eigenvalue weighted by atomic mass is 35.5. The smallest absolute Gasteiger partial charge is 0.418 e. The Hall–Kier alpha value is -2.95. The molecule has 0 bridgehead atoms. The zero-order valence-corrected chi connectivity index (χ0v) is 19.5. The van der Waals surface area contributed by atoms with Gasteiger partial charge in [0.2, 0.25) is 0 Å². The Kier molecular flexibility index (Phi) is 7.64. The summed E-state index contributed by atoms with van der Waals surface area (Å²) in [6.45, 7) is 0.428. The summed E-state index contributed by atoms with van der Waals surface area (Å²) in [6, 6.07) is 16.7. The lowest BCUT2D eigenvalue weighted by atomic mass is 10.1. The van der Waals surface area contributed by atoms with Crippen molar-refractivity contribution < 1.29 is 31.4 Å². The van der Waals surface area contributed by atoms with Crippen molar-refractivity contribution in [1.29, 1.82) is 0 Å². The van der Waals surface area contributed by atoms with Crippen LogP contribution in [-0.2, 0) is 16.4 Å². The minimum absolute atomic E-state index is 0.0919. The number of sulfonamides is 1. The van der Waals surface area contributed by atoms with Crippen LogP contribution in [0, 0.1) is 0 Å². The summed E-state index contributed by atoms with van der Waals surface area (Å²) in [5.41, 5.74) is 8.64. The first-order valence-electron chi connectivity index (χ1n) is 9.95. The van der Waals surface area contributed by atoms with Crippen molar-refractivity contribution in [2.45, 2.75) is 23.6 Å². The Morgan fingerprint density at radius 3 is 2.35 bits per heavy atom. The van der Waals surface area contributed by atoms with E-state index in [2.05, 4.69) is 0 Å². The molecule has 1 aliphatic heterocycles. The Bertz CT molecular complexity index is 1250. The lowest BCUT2D eigenvalue weighted by Gasteiger charge is -2.21. The van der Waals surface area contributed by atoms with Gasteiger partial charge in [0.1, 0.15) is 10.6 Å². The molecule has 0 aromatic heterocycles. The average molecular weight is 514 g/mol. The fourth-order valence-electron chi connectivity index (χ4n) is 3.38. The summed E-state index contributed by atoms with van der Waals surface area (Å²) in [5.74, 6) is 0.295. The molecule has 4 rings (SSSR count). The van der Waals surface area contributed by atoms with Gasteiger partial charge in [0.15, 0.2) is 6.10 Å². The lowest BCUT2D eigenvalue weighted by Crippen LogP contribution is -2.29. The summed E-state index contributed by atoms with van der Waals surface area (Å²) >= 11 is 5.95. The number of benzene rings is 3. The highest BCUT2D eigenvalue weighted by Crippen LogP contribution is 2.36. The average Bonchev–Trinajstić information content (AvgIpc) is 3.24. The molecule has 34 heavy (non-hydrogen) atoms. The molecule has 3 aromatic carbocycles. The number of ether oxygens (including phenoxy) is 1. The fraction of sp³-hybridized carbons (Fsp3) is 0.217. The van der Waals surface area contributed by atoms with E-state index in [1.807, 2.05) is 24.3 Å². The van der Waals surface area contributed by atoms with Gasteiger partial charge < -0.3 is 15.6 Å².